The lowest BCUT2D eigenvalue weighted by atomic mass is 9.89. The molecule has 1 N–H and O–H groups in total. The lowest BCUT2D eigenvalue weighted by Crippen LogP contribution is -2.46. The fourth-order valence-electron chi connectivity index (χ4n) is 3.29. The number of pyridine rings is 1. The Bertz CT molecular complexity index is 801. The number of piperazine rings is 1. The SMILES string of the molecule is Bc1cnc(NC(=O)C(C)(C)CC)cc1CN1CCN(c2ccccc2)CC1. The third-order valence-corrected chi connectivity index (χ3v) is 5.84. The number of hydrogen-bond acceptors (Lipinski definition) is 4. The molecular weight excluding hydrogens is 347 g/mol. The highest BCUT2D eigenvalue weighted by molar-refractivity contribution is 6.33. The molecule has 148 valence electrons. The maximum absolute atomic E-state index is 12.5. The molecule has 1 aromatic carbocycles. The Kier molecular flexibility index (Phi) is 6.40. The van der Waals surface area contributed by atoms with Gasteiger partial charge in [0.05, 0.1) is 0 Å². The zero-order valence-corrected chi connectivity index (χ0v) is 17.5. The normalized spacial score (nSPS) is 15.5. The second kappa shape index (κ2) is 8.78. The monoisotopic (exact) mass is 378 g/mol. The number of para-hydroxylation sites is 1. The minimum absolute atomic E-state index is 0.0220. The van der Waals surface area contributed by atoms with Crippen LogP contribution in [0, 0.1) is 5.41 Å². The fourth-order valence-corrected chi connectivity index (χ4v) is 3.29. The number of anilines is 2. The first kappa shape index (κ1) is 20.4. The van der Waals surface area contributed by atoms with Crippen LogP contribution in [-0.4, -0.2) is 49.8 Å². The predicted molar refractivity (Wildman–Crippen MR) is 119 cm³/mol. The van der Waals surface area contributed by atoms with Crippen LogP contribution in [0.25, 0.3) is 0 Å². The van der Waals surface area contributed by atoms with E-state index in [1.54, 1.807) is 0 Å². The van der Waals surface area contributed by atoms with Gasteiger partial charge in [-0.3, -0.25) is 9.69 Å². The van der Waals surface area contributed by atoms with Crippen LogP contribution in [0.2, 0.25) is 0 Å². The van der Waals surface area contributed by atoms with Gasteiger partial charge < -0.3 is 10.2 Å². The molecular formula is C22H31BN4O. The van der Waals surface area contributed by atoms with Crippen molar-refractivity contribution in [2.24, 2.45) is 5.41 Å². The summed E-state index contributed by atoms with van der Waals surface area (Å²) >= 11 is 0. The van der Waals surface area contributed by atoms with E-state index in [-0.39, 0.29) is 11.3 Å². The first-order chi connectivity index (χ1) is 13.4. The molecule has 1 aliphatic rings. The van der Waals surface area contributed by atoms with E-state index in [1.165, 1.54) is 16.7 Å². The van der Waals surface area contributed by atoms with Crippen LogP contribution in [-0.2, 0) is 11.3 Å². The molecule has 0 saturated carbocycles. The minimum atomic E-state index is -0.388. The van der Waals surface area contributed by atoms with E-state index in [2.05, 4.69) is 58.3 Å². The Morgan fingerprint density at radius 2 is 1.86 bits per heavy atom. The summed E-state index contributed by atoms with van der Waals surface area (Å²) in [6, 6.07) is 12.6. The third-order valence-electron chi connectivity index (χ3n) is 5.84. The topological polar surface area (TPSA) is 48.5 Å². The van der Waals surface area contributed by atoms with Crippen molar-refractivity contribution < 1.29 is 4.79 Å². The molecule has 0 atom stereocenters. The molecule has 0 spiro atoms. The molecule has 6 heteroatoms. The predicted octanol–water partition coefficient (Wildman–Crippen LogP) is 2.04. The maximum Gasteiger partial charge on any atom is 0.231 e. The average molecular weight is 378 g/mol. The standard InChI is InChI=1S/C22H31BN4O/c1-4-22(2,3)21(28)25-20-14-17(19(23)15-24-20)16-26-10-12-27(13-11-26)18-8-6-5-7-9-18/h5-9,14-15H,4,10-13,16,23H2,1-3H3,(H,24,25,28). The maximum atomic E-state index is 12.5. The van der Waals surface area contributed by atoms with E-state index in [0.717, 1.165) is 39.1 Å². The lowest BCUT2D eigenvalue weighted by molar-refractivity contribution is -0.124. The Labute approximate surface area is 169 Å². The molecule has 1 aliphatic heterocycles. The number of carbonyl (C=O) groups is 1. The first-order valence-electron chi connectivity index (χ1n) is 10.2. The van der Waals surface area contributed by atoms with E-state index >= 15 is 0 Å². The van der Waals surface area contributed by atoms with E-state index in [9.17, 15) is 4.79 Å². The molecule has 2 heterocycles. The molecule has 0 unspecified atom stereocenters. The lowest BCUT2D eigenvalue weighted by Gasteiger charge is -2.36. The van der Waals surface area contributed by atoms with Crippen molar-refractivity contribution in [1.29, 1.82) is 0 Å². The van der Waals surface area contributed by atoms with E-state index in [4.69, 9.17) is 0 Å². The van der Waals surface area contributed by atoms with Crippen LogP contribution in [0.4, 0.5) is 11.5 Å². The smallest absolute Gasteiger partial charge is 0.231 e. The summed E-state index contributed by atoms with van der Waals surface area (Å²) in [6.07, 6.45) is 2.66. The van der Waals surface area contributed by atoms with Crippen molar-refractivity contribution in [1.82, 2.24) is 9.88 Å². The van der Waals surface area contributed by atoms with E-state index < -0.39 is 0 Å². The zero-order chi connectivity index (χ0) is 20.1. The number of nitrogens with zero attached hydrogens (tertiary/aromatic N) is 3. The summed E-state index contributed by atoms with van der Waals surface area (Å²) in [5, 5.41) is 2.99. The van der Waals surface area contributed by atoms with E-state index in [0.29, 0.717) is 5.82 Å². The van der Waals surface area contributed by atoms with Crippen LogP contribution in [0.1, 0.15) is 32.8 Å². The molecule has 0 radical (unpaired) electrons. The number of aromatic nitrogens is 1. The van der Waals surface area contributed by atoms with Crippen LogP contribution in [0.5, 0.6) is 0 Å². The summed E-state index contributed by atoms with van der Waals surface area (Å²) in [7, 11) is 2.09. The van der Waals surface area contributed by atoms with Gasteiger partial charge in [-0.2, -0.15) is 0 Å². The van der Waals surface area contributed by atoms with Gasteiger partial charge in [-0.25, -0.2) is 4.98 Å². The Balaban J connectivity index is 1.61. The molecule has 1 amide bonds. The third kappa shape index (κ3) is 4.93. The molecule has 0 aliphatic carbocycles. The van der Waals surface area contributed by atoms with Gasteiger partial charge in [0.15, 0.2) is 0 Å². The Hall–Kier alpha value is -2.34. The van der Waals surface area contributed by atoms with Gasteiger partial charge in [0.2, 0.25) is 5.91 Å². The van der Waals surface area contributed by atoms with E-state index in [1.807, 2.05) is 33.0 Å². The highest BCUT2D eigenvalue weighted by Crippen LogP contribution is 2.22. The van der Waals surface area contributed by atoms with Crippen molar-refractivity contribution in [3.05, 3.63) is 48.2 Å². The molecule has 5 nitrogen and oxygen atoms in total. The van der Waals surface area contributed by atoms with Crippen LogP contribution < -0.4 is 15.7 Å². The Morgan fingerprint density at radius 3 is 2.50 bits per heavy atom. The minimum Gasteiger partial charge on any atom is -0.369 e. The quantitative estimate of drug-likeness (QED) is 0.782. The number of carbonyl (C=O) groups excluding carboxylic acids is 1. The van der Waals surface area contributed by atoms with Crippen LogP contribution in [0.15, 0.2) is 42.6 Å². The van der Waals surface area contributed by atoms with Crippen molar-refractivity contribution in [2.45, 2.75) is 33.7 Å². The number of benzene rings is 1. The summed E-state index contributed by atoms with van der Waals surface area (Å²) in [4.78, 5) is 21.8. The van der Waals surface area contributed by atoms with Crippen LogP contribution in [0.3, 0.4) is 0 Å². The number of amides is 1. The molecule has 3 rings (SSSR count). The number of rotatable bonds is 6. The van der Waals surface area contributed by atoms with Gasteiger partial charge in [-0.1, -0.05) is 44.4 Å². The van der Waals surface area contributed by atoms with Crippen molar-refractivity contribution in [3.8, 4) is 0 Å². The molecule has 0 bridgehead atoms. The van der Waals surface area contributed by atoms with Gasteiger partial charge in [0.25, 0.3) is 0 Å². The summed E-state index contributed by atoms with van der Waals surface area (Å²) in [5.41, 5.74) is 3.30. The van der Waals surface area contributed by atoms with Crippen molar-refractivity contribution in [3.63, 3.8) is 0 Å². The van der Waals surface area contributed by atoms with Gasteiger partial charge in [0, 0.05) is 50.0 Å². The molecule has 2 aromatic rings. The van der Waals surface area contributed by atoms with Crippen molar-refractivity contribution >= 4 is 30.7 Å². The van der Waals surface area contributed by atoms with Crippen molar-refractivity contribution in [2.75, 3.05) is 36.4 Å². The first-order valence-corrected chi connectivity index (χ1v) is 10.2. The van der Waals surface area contributed by atoms with Gasteiger partial charge in [-0.05, 0) is 30.2 Å². The Morgan fingerprint density at radius 1 is 1.18 bits per heavy atom. The molecule has 1 aromatic heterocycles. The second-order valence-corrected chi connectivity index (χ2v) is 8.29. The van der Waals surface area contributed by atoms with Gasteiger partial charge >= 0.3 is 0 Å². The molecule has 28 heavy (non-hydrogen) atoms. The van der Waals surface area contributed by atoms with Gasteiger partial charge in [0.1, 0.15) is 13.7 Å². The summed E-state index contributed by atoms with van der Waals surface area (Å²) in [5.74, 6) is 0.670. The summed E-state index contributed by atoms with van der Waals surface area (Å²) in [6.45, 7) is 11.0. The van der Waals surface area contributed by atoms with Gasteiger partial charge in [-0.15, -0.1) is 0 Å². The molecule has 1 saturated heterocycles. The average Bonchev–Trinajstić information content (AvgIpc) is 2.71. The highest BCUT2D eigenvalue weighted by atomic mass is 16.2. The zero-order valence-electron chi connectivity index (χ0n) is 17.5. The number of hydrogen-bond donors (Lipinski definition) is 1. The number of nitrogens with one attached hydrogen (secondary N) is 1. The second-order valence-electron chi connectivity index (χ2n) is 8.29. The summed E-state index contributed by atoms with van der Waals surface area (Å²) < 4.78 is 0. The molecule has 1 fully saturated rings. The van der Waals surface area contributed by atoms with Crippen LogP contribution >= 0.6 is 0 Å². The largest absolute Gasteiger partial charge is 0.369 e. The fraction of sp³-hybridized carbons (Fsp3) is 0.455. The highest BCUT2D eigenvalue weighted by Gasteiger charge is 2.26.